The number of rotatable bonds is 2. The smallest absolute Gasteiger partial charge is 0.270 e. The van der Waals surface area contributed by atoms with Gasteiger partial charge in [-0.2, -0.15) is 0 Å². The Bertz CT molecular complexity index is 500. The lowest BCUT2D eigenvalue weighted by atomic mass is 10.00. The van der Waals surface area contributed by atoms with Gasteiger partial charge < -0.3 is 14.4 Å². The van der Waals surface area contributed by atoms with E-state index >= 15 is 0 Å². The van der Waals surface area contributed by atoms with Gasteiger partial charge in [0.2, 0.25) is 0 Å². The number of aromatic nitrogens is 1. The highest BCUT2D eigenvalue weighted by Gasteiger charge is 2.28. The van der Waals surface area contributed by atoms with Crippen LogP contribution in [0.1, 0.15) is 42.6 Å². The summed E-state index contributed by atoms with van der Waals surface area (Å²) in [4.78, 5) is 17.2. The van der Waals surface area contributed by atoms with Gasteiger partial charge in [0.1, 0.15) is 5.69 Å². The number of likely N-dealkylation sites (tertiary alicyclic amines) is 2. The normalized spacial score (nSPS) is 21.7. The number of carbonyl (C=O) groups excluding carboxylic acids is 1. The average molecular weight is 354 g/mol. The summed E-state index contributed by atoms with van der Waals surface area (Å²) in [5.41, 5.74) is 0.776. The minimum Gasteiger partial charge on any atom is -0.345 e. The fourth-order valence-electron chi connectivity index (χ4n) is 3.62. The van der Waals surface area contributed by atoms with Crippen LogP contribution in [0.3, 0.4) is 0 Å². The van der Waals surface area contributed by atoms with Crippen molar-refractivity contribution >= 4 is 21.8 Å². The molecule has 116 valence electrons. The quantitative estimate of drug-likeness (QED) is 0.817. The van der Waals surface area contributed by atoms with Crippen LogP contribution in [-0.4, -0.2) is 52.5 Å². The molecule has 0 aliphatic carbocycles. The van der Waals surface area contributed by atoms with Crippen LogP contribution in [0.2, 0.25) is 0 Å². The van der Waals surface area contributed by atoms with Crippen molar-refractivity contribution in [1.29, 1.82) is 0 Å². The summed E-state index contributed by atoms with van der Waals surface area (Å²) in [5, 5.41) is 0. The van der Waals surface area contributed by atoms with E-state index in [1.54, 1.807) is 0 Å². The van der Waals surface area contributed by atoms with Crippen molar-refractivity contribution < 1.29 is 4.79 Å². The number of halogens is 1. The molecule has 0 N–H and O–H groups in total. The van der Waals surface area contributed by atoms with Crippen LogP contribution in [-0.2, 0) is 7.05 Å². The van der Waals surface area contributed by atoms with E-state index in [0.29, 0.717) is 6.04 Å². The number of nitrogens with zero attached hydrogens (tertiary/aromatic N) is 3. The van der Waals surface area contributed by atoms with Crippen molar-refractivity contribution in [3.63, 3.8) is 0 Å². The van der Waals surface area contributed by atoms with E-state index in [-0.39, 0.29) is 5.91 Å². The first-order valence-electron chi connectivity index (χ1n) is 8.00. The maximum Gasteiger partial charge on any atom is 0.270 e. The largest absolute Gasteiger partial charge is 0.345 e. The number of carbonyl (C=O) groups is 1. The van der Waals surface area contributed by atoms with Gasteiger partial charge in [-0.05, 0) is 60.8 Å². The molecule has 21 heavy (non-hydrogen) atoms. The number of amides is 1. The van der Waals surface area contributed by atoms with Gasteiger partial charge in [0, 0.05) is 36.8 Å². The van der Waals surface area contributed by atoms with E-state index in [1.165, 1.54) is 32.4 Å². The first-order valence-corrected chi connectivity index (χ1v) is 8.79. The predicted octanol–water partition coefficient (Wildman–Crippen LogP) is 2.88. The fourth-order valence-corrected chi connectivity index (χ4v) is 4.14. The standard InChI is InChI=1S/C16H24BrN3O/c1-18-12-13(17)11-15(18)16(21)20-9-5-14(6-10-20)19-7-3-2-4-8-19/h11-12,14H,2-10H2,1H3. The Morgan fingerprint density at radius 1 is 1.14 bits per heavy atom. The highest BCUT2D eigenvalue weighted by atomic mass is 79.9. The lowest BCUT2D eigenvalue weighted by Crippen LogP contribution is -2.48. The van der Waals surface area contributed by atoms with Gasteiger partial charge in [0.15, 0.2) is 0 Å². The molecule has 2 aliphatic rings. The summed E-state index contributed by atoms with van der Waals surface area (Å²) >= 11 is 3.44. The Balaban J connectivity index is 1.57. The molecule has 3 heterocycles. The van der Waals surface area contributed by atoms with Crippen LogP contribution in [0.4, 0.5) is 0 Å². The van der Waals surface area contributed by atoms with Crippen LogP contribution in [0, 0.1) is 0 Å². The Morgan fingerprint density at radius 2 is 1.81 bits per heavy atom. The maximum absolute atomic E-state index is 12.6. The van der Waals surface area contributed by atoms with Gasteiger partial charge in [-0.15, -0.1) is 0 Å². The molecule has 0 spiro atoms. The van der Waals surface area contributed by atoms with E-state index in [9.17, 15) is 4.79 Å². The Kier molecular flexibility index (Phi) is 4.69. The first-order chi connectivity index (χ1) is 10.1. The Morgan fingerprint density at radius 3 is 2.38 bits per heavy atom. The summed E-state index contributed by atoms with van der Waals surface area (Å²) in [6.07, 6.45) is 8.26. The second-order valence-corrected chi connectivity index (χ2v) is 7.19. The lowest BCUT2D eigenvalue weighted by molar-refractivity contribution is 0.0581. The third kappa shape index (κ3) is 3.34. The third-order valence-electron chi connectivity index (χ3n) is 4.85. The van der Waals surface area contributed by atoms with Crippen LogP contribution in [0.15, 0.2) is 16.7 Å². The molecule has 0 bridgehead atoms. The second kappa shape index (κ2) is 6.53. The molecule has 4 nitrogen and oxygen atoms in total. The van der Waals surface area contributed by atoms with E-state index in [2.05, 4.69) is 20.8 Å². The number of aryl methyl sites for hydroxylation is 1. The van der Waals surface area contributed by atoms with E-state index < -0.39 is 0 Å². The molecule has 0 radical (unpaired) electrons. The van der Waals surface area contributed by atoms with Crippen molar-refractivity contribution in [3.8, 4) is 0 Å². The van der Waals surface area contributed by atoms with Gasteiger partial charge in [0.05, 0.1) is 0 Å². The monoisotopic (exact) mass is 353 g/mol. The van der Waals surface area contributed by atoms with Crippen LogP contribution < -0.4 is 0 Å². The molecule has 1 amide bonds. The minimum absolute atomic E-state index is 0.167. The van der Waals surface area contributed by atoms with Gasteiger partial charge in [-0.3, -0.25) is 4.79 Å². The van der Waals surface area contributed by atoms with Crippen LogP contribution in [0.5, 0.6) is 0 Å². The molecule has 2 saturated heterocycles. The Hall–Kier alpha value is -0.810. The van der Waals surface area contributed by atoms with Crippen molar-refractivity contribution in [3.05, 3.63) is 22.4 Å². The van der Waals surface area contributed by atoms with Gasteiger partial charge in [-0.1, -0.05) is 6.42 Å². The summed E-state index contributed by atoms with van der Waals surface area (Å²) in [7, 11) is 1.93. The molecule has 1 aromatic rings. The van der Waals surface area contributed by atoms with Gasteiger partial charge in [-0.25, -0.2) is 0 Å². The zero-order valence-corrected chi connectivity index (χ0v) is 14.3. The van der Waals surface area contributed by atoms with Crippen molar-refractivity contribution in [2.75, 3.05) is 26.2 Å². The topological polar surface area (TPSA) is 28.5 Å². The van der Waals surface area contributed by atoms with Crippen molar-refractivity contribution in [2.24, 2.45) is 7.05 Å². The molecular weight excluding hydrogens is 330 g/mol. The van der Waals surface area contributed by atoms with E-state index in [4.69, 9.17) is 0 Å². The molecule has 0 saturated carbocycles. The molecular formula is C16H24BrN3O. The maximum atomic E-state index is 12.6. The summed E-state index contributed by atoms with van der Waals surface area (Å²) in [6.45, 7) is 4.29. The number of hydrogen-bond acceptors (Lipinski definition) is 2. The molecule has 5 heteroatoms. The SMILES string of the molecule is Cn1cc(Br)cc1C(=O)N1CCC(N2CCCCC2)CC1. The fraction of sp³-hybridized carbons (Fsp3) is 0.688. The van der Waals surface area contributed by atoms with Crippen LogP contribution in [0.25, 0.3) is 0 Å². The highest BCUT2D eigenvalue weighted by Crippen LogP contribution is 2.23. The van der Waals surface area contributed by atoms with E-state index in [0.717, 1.165) is 36.1 Å². The second-order valence-electron chi connectivity index (χ2n) is 6.27. The number of piperidine rings is 2. The number of hydrogen-bond donors (Lipinski definition) is 0. The van der Waals surface area contributed by atoms with Gasteiger partial charge in [0.25, 0.3) is 5.91 Å². The van der Waals surface area contributed by atoms with Crippen molar-refractivity contribution in [1.82, 2.24) is 14.4 Å². The molecule has 0 unspecified atom stereocenters. The summed E-state index contributed by atoms with van der Waals surface area (Å²) in [5.74, 6) is 0.167. The molecule has 0 aromatic carbocycles. The molecule has 3 rings (SSSR count). The first kappa shape index (κ1) is 15.1. The molecule has 2 aliphatic heterocycles. The molecule has 0 atom stereocenters. The minimum atomic E-state index is 0.167. The van der Waals surface area contributed by atoms with Gasteiger partial charge >= 0.3 is 0 Å². The predicted molar refractivity (Wildman–Crippen MR) is 87.5 cm³/mol. The van der Waals surface area contributed by atoms with Crippen LogP contribution >= 0.6 is 15.9 Å². The summed E-state index contributed by atoms with van der Waals surface area (Å²) in [6, 6.07) is 2.61. The molecule has 2 fully saturated rings. The highest BCUT2D eigenvalue weighted by molar-refractivity contribution is 9.10. The summed E-state index contributed by atoms with van der Waals surface area (Å²) < 4.78 is 2.87. The molecule has 1 aromatic heterocycles. The van der Waals surface area contributed by atoms with Crippen molar-refractivity contribution in [2.45, 2.75) is 38.1 Å². The zero-order chi connectivity index (χ0) is 14.8. The zero-order valence-electron chi connectivity index (χ0n) is 12.7. The lowest BCUT2D eigenvalue weighted by Gasteiger charge is -2.40. The Labute approximate surface area is 135 Å². The third-order valence-corrected chi connectivity index (χ3v) is 5.28. The average Bonchev–Trinajstić information content (AvgIpc) is 2.86. The van der Waals surface area contributed by atoms with E-state index in [1.807, 2.05) is 28.8 Å².